The molecule has 1 aliphatic heterocycles. The lowest BCUT2D eigenvalue weighted by atomic mass is 10.1. The number of aliphatic hydroxyl groups excluding tert-OH is 1. The zero-order chi connectivity index (χ0) is 13.8. The molecule has 19 heavy (non-hydrogen) atoms. The number of anilines is 1. The molecule has 0 unspecified atom stereocenters. The molecule has 2 rings (SSSR count). The van der Waals surface area contributed by atoms with Crippen molar-refractivity contribution in [2.24, 2.45) is 0 Å². The summed E-state index contributed by atoms with van der Waals surface area (Å²) in [6.45, 7) is 12.2. The predicted octanol–water partition coefficient (Wildman–Crippen LogP) is 2.29. The lowest BCUT2D eigenvalue weighted by Crippen LogP contribution is -2.46. The number of hydrogen-bond acceptors (Lipinski definition) is 5. The molecule has 1 saturated heterocycles. The van der Waals surface area contributed by atoms with E-state index in [1.165, 1.54) is 13.0 Å². The molecule has 1 aliphatic rings. The number of aliphatic hydroxyl groups is 1. The van der Waals surface area contributed by atoms with E-state index in [0.717, 1.165) is 41.9 Å². The van der Waals surface area contributed by atoms with E-state index < -0.39 is 0 Å². The van der Waals surface area contributed by atoms with Crippen LogP contribution in [-0.2, 0) is 6.61 Å². The van der Waals surface area contributed by atoms with Crippen LogP contribution in [0, 0.1) is 0 Å². The zero-order valence-electron chi connectivity index (χ0n) is 12.2. The van der Waals surface area contributed by atoms with Crippen LogP contribution in [0.4, 0.5) is 5.13 Å². The number of piperazine rings is 1. The first-order chi connectivity index (χ1) is 9.15. The number of rotatable bonds is 5. The number of thiazole rings is 1. The first-order valence-electron chi connectivity index (χ1n) is 7.23. The summed E-state index contributed by atoms with van der Waals surface area (Å²) in [4.78, 5) is 10.6. The quantitative estimate of drug-likeness (QED) is 0.900. The molecule has 4 nitrogen and oxygen atoms in total. The molecular formula is C14H25N3OS. The SMILES string of the molecule is CCCN1CCN(c2nc(C(C)C)c(CO)s2)CC1. The van der Waals surface area contributed by atoms with Gasteiger partial charge in [0.15, 0.2) is 5.13 Å². The van der Waals surface area contributed by atoms with Crippen molar-refractivity contribution in [3.63, 3.8) is 0 Å². The Morgan fingerprint density at radius 2 is 1.95 bits per heavy atom. The fourth-order valence-electron chi connectivity index (χ4n) is 2.53. The van der Waals surface area contributed by atoms with E-state index in [4.69, 9.17) is 4.98 Å². The molecular weight excluding hydrogens is 258 g/mol. The van der Waals surface area contributed by atoms with Crippen LogP contribution in [0.1, 0.15) is 43.7 Å². The van der Waals surface area contributed by atoms with E-state index >= 15 is 0 Å². The van der Waals surface area contributed by atoms with Gasteiger partial charge in [-0.25, -0.2) is 4.98 Å². The van der Waals surface area contributed by atoms with Gasteiger partial charge in [0.1, 0.15) is 0 Å². The molecule has 108 valence electrons. The molecule has 0 aliphatic carbocycles. The maximum absolute atomic E-state index is 9.43. The predicted molar refractivity (Wildman–Crippen MR) is 81.1 cm³/mol. The topological polar surface area (TPSA) is 39.6 Å². The molecule has 5 heteroatoms. The molecule has 0 spiro atoms. The lowest BCUT2D eigenvalue weighted by Gasteiger charge is -2.34. The average molecular weight is 283 g/mol. The molecule has 0 radical (unpaired) electrons. The Balaban J connectivity index is 2.03. The molecule has 0 saturated carbocycles. The van der Waals surface area contributed by atoms with Crippen molar-refractivity contribution >= 4 is 16.5 Å². The minimum absolute atomic E-state index is 0.112. The van der Waals surface area contributed by atoms with Crippen molar-refractivity contribution in [1.29, 1.82) is 0 Å². The van der Waals surface area contributed by atoms with Crippen LogP contribution in [0.25, 0.3) is 0 Å². The fraction of sp³-hybridized carbons (Fsp3) is 0.786. The molecule has 1 aromatic rings. The third-order valence-corrected chi connectivity index (χ3v) is 4.71. The highest BCUT2D eigenvalue weighted by Gasteiger charge is 2.21. The van der Waals surface area contributed by atoms with Crippen molar-refractivity contribution in [3.05, 3.63) is 10.6 Å². The van der Waals surface area contributed by atoms with Crippen LogP contribution in [0.2, 0.25) is 0 Å². The van der Waals surface area contributed by atoms with Crippen LogP contribution < -0.4 is 4.90 Å². The molecule has 0 aromatic carbocycles. The molecule has 0 atom stereocenters. The van der Waals surface area contributed by atoms with Crippen molar-refractivity contribution in [2.75, 3.05) is 37.6 Å². The summed E-state index contributed by atoms with van der Waals surface area (Å²) >= 11 is 1.66. The van der Waals surface area contributed by atoms with Gasteiger partial charge in [0.05, 0.1) is 17.2 Å². The Labute approximate surface area is 120 Å². The van der Waals surface area contributed by atoms with Gasteiger partial charge in [-0.1, -0.05) is 32.1 Å². The van der Waals surface area contributed by atoms with Gasteiger partial charge in [-0.05, 0) is 18.9 Å². The van der Waals surface area contributed by atoms with Crippen LogP contribution in [0.3, 0.4) is 0 Å². The van der Waals surface area contributed by atoms with Crippen LogP contribution in [0.15, 0.2) is 0 Å². The van der Waals surface area contributed by atoms with Crippen molar-refractivity contribution in [2.45, 2.75) is 39.7 Å². The third-order valence-electron chi connectivity index (χ3n) is 3.59. The van der Waals surface area contributed by atoms with Crippen LogP contribution in [0.5, 0.6) is 0 Å². The van der Waals surface area contributed by atoms with Gasteiger partial charge in [0, 0.05) is 26.2 Å². The zero-order valence-corrected chi connectivity index (χ0v) is 13.0. The normalized spacial score (nSPS) is 17.4. The Kier molecular flexibility index (Phi) is 5.19. The summed E-state index contributed by atoms with van der Waals surface area (Å²) in [7, 11) is 0. The first kappa shape index (κ1) is 14.8. The van der Waals surface area contributed by atoms with E-state index in [0.29, 0.717) is 5.92 Å². The second-order valence-electron chi connectivity index (χ2n) is 5.45. The highest BCUT2D eigenvalue weighted by Crippen LogP contribution is 2.31. The van der Waals surface area contributed by atoms with E-state index in [-0.39, 0.29) is 6.61 Å². The van der Waals surface area contributed by atoms with Crippen LogP contribution in [-0.4, -0.2) is 47.7 Å². The van der Waals surface area contributed by atoms with E-state index in [2.05, 4.69) is 30.6 Å². The lowest BCUT2D eigenvalue weighted by molar-refractivity contribution is 0.258. The van der Waals surface area contributed by atoms with Crippen LogP contribution >= 0.6 is 11.3 Å². The highest BCUT2D eigenvalue weighted by molar-refractivity contribution is 7.15. The summed E-state index contributed by atoms with van der Waals surface area (Å²) in [6.07, 6.45) is 1.23. The first-order valence-corrected chi connectivity index (χ1v) is 8.05. The standard InChI is InChI=1S/C14H25N3OS/c1-4-5-16-6-8-17(9-7-16)14-15-13(11(2)3)12(10-18)19-14/h11,18H,4-10H2,1-3H3. The van der Waals surface area contributed by atoms with Gasteiger partial charge in [0.25, 0.3) is 0 Å². The molecule has 1 N–H and O–H groups in total. The van der Waals surface area contributed by atoms with E-state index in [1.54, 1.807) is 11.3 Å². The second kappa shape index (κ2) is 6.68. The van der Waals surface area contributed by atoms with Gasteiger partial charge >= 0.3 is 0 Å². The maximum atomic E-state index is 9.43. The fourth-order valence-corrected chi connectivity index (χ4v) is 3.66. The van der Waals surface area contributed by atoms with Crippen molar-refractivity contribution in [1.82, 2.24) is 9.88 Å². The minimum Gasteiger partial charge on any atom is -0.391 e. The number of nitrogens with zero attached hydrogens (tertiary/aromatic N) is 3. The summed E-state index contributed by atoms with van der Waals surface area (Å²) in [5.41, 5.74) is 1.07. The van der Waals surface area contributed by atoms with Gasteiger partial charge < -0.3 is 10.0 Å². The van der Waals surface area contributed by atoms with E-state index in [9.17, 15) is 5.11 Å². The average Bonchev–Trinajstić information content (AvgIpc) is 2.84. The van der Waals surface area contributed by atoms with E-state index in [1.807, 2.05) is 0 Å². The molecule has 0 bridgehead atoms. The molecule has 1 fully saturated rings. The smallest absolute Gasteiger partial charge is 0.185 e. The monoisotopic (exact) mass is 283 g/mol. The number of hydrogen-bond donors (Lipinski definition) is 1. The Hall–Kier alpha value is -0.650. The molecule has 0 amide bonds. The maximum Gasteiger partial charge on any atom is 0.185 e. The van der Waals surface area contributed by atoms with Crippen molar-refractivity contribution < 1.29 is 5.11 Å². The second-order valence-corrected chi connectivity index (χ2v) is 6.51. The molecule has 2 heterocycles. The van der Waals surface area contributed by atoms with Crippen molar-refractivity contribution in [3.8, 4) is 0 Å². The minimum atomic E-state index is 0.112. The Morgan fingerprint density at radius 1 is 1.26 bits per heavy atom. The summed E-state index contributed by atoms with van der Waals surface area (Å²) in [5, 5.41) is 10.5. The van der Waals surface area contributed by atoms with Gasteiger partial charge in [0.2, 0.25) is 0 Å². The largest absolute Gasteiger partial charge is 0.391 e. The molecule has 1 aromatic heterocycles. The van der Waals surface area contributed by atoms with Gasteiger partial charge in [-0.15, -0.1) is 0 Å². The summed E-state index contributed by atoms with van der Waals surface area (Å²) < 4.78 is 0. The Bertz CT molecular complexity index is 397. The highest BCUT2D eigenvalue weighted by atomic mass is 32.1. The third kappa shape index (κ3) is 3.46. The Morgan fingerprint density at radius 3 is 2.42 bits per heavy atom. The van der Waals surface area contributed by atoms with Gasteiger partial charge in [-0.2, -0.15) is 0 Å². The summed E-state index contributed by atoms with van der Waals surface area (Å²) in [6, 6.07) is 0. The summed E-state index contributed by atoms with van der Waals surface area (Å²) in [5.74, 6) is 0.383. The van der Waals surface area contributed by atoms with Gasteiger partial charge in [-0.3, -0.25) is 4.90 Å². The number of aromatic nitrogens is 1.